The lowest BCUT2D eigenvalue weighted by molar-refractivity contribution is -0.141. The number of methoxy groups -OCH3 is 3. The second-order valence-electron chi connectivity index (χ2n) is 9.92. The standard InChI is InChI=1S/C28H35ClN2O8/c1-28(2,16-32)15-31-20-10-9-17(29)13-19(20)25(18-7-6-8-21(36-3)26(18)38-5)39-22(27(31)35)14-23(33)30-12-11-24(34)37-4/h6-10,13,22,25,32H,11-12,14-16H2,1-5H3,(H,30,33)/t22-,25-/m1/s1. The molecule has 1 aliphatic rings. The molecule has 0 unspecified atom stereocenters. The van der Waals surface area contributed by atoms with Crippen molar-refractivity contribution in [2.45, 2.75) is 38.9 Å². The van der Waals surface area contributed by atoms with E-state index in [-0.39, 0.29) is 32.5 Å². The molecule has 0 saturated heterocycles. The Bertz CT molecular complexity index is 1200. The first kappa shape index (κ1) is 30.2. The van der Waals surface area contributed by atoms with Crippen LogP contribution in [0.1, 0.15) is 43.9 Å². The van der Waals surface area contributed by atoms with Gasteiger partial charge in [0, 0.05) is 46.9 Å². The van der Waals surface area contributed by atoms with E-state index >= 15 is 0 Å². The van der Waals surface area contributed by atoms with Crippen molar-refractivity contribution < 1.29 is 38.4 Å². The van der Waals surface area contributed by atoms with Gasteiger partial charge in [0.1, 0.15) is 12.2 Å². The minimum absolute atomic E-state index is 0.00784. The number of nitrogens with one attached hydrogen (secondary N) is 1. The molecule has 2 amide bonds. The Hall–Kier alpha value is -3.34. The lowest BCUT2D eigenvalue weighted by Crippen LogP contribution is -2.46. The fraction of sp³-hybridized carbons (Fsp3) is 0.464. The quantitative estimate of drug-likeness (QED) is 0.400. The minimum Gasteiger partial charge on any atom is -0.493 e. The van der Waals surface area contributed by atoms with Crippen molar-refractivity contribution in [1.82, 2.24) is 5.32 Å². The summed E-state index contributed by atoms with van der Waals surface area (Å²) in [6.45, 7) is 3.70. The number of aliphatic hydroxyl groups excluding tert-OH is 1. The lowest BCUT2D eigenvalue weighted by Gasteiger charge is -2.32. The van der Waals surface area contributed by atoms with E-state index in [4.69, 9.17) is 25.8 Å². The summed E-state index contributed by atoms with van der Waals surface area (Å²) < 4.78 is 22.2. The maximum atomic E-state index is 14.0. The summed E-state index contributed by atoms with van der Waals surface area (Å²) in [5.41, 5.74) is 1.04. The molecule has 0 fully saturated rings. The van der Waals surface area contributed by atoms with Crippen molar-refractivity contribution in [2.75, 3.05) is 45.9 Å². The number of ether oxygens (including phenoxy) is 4. The van der Waals surface area contributed by atoms with E-state index in [1.54, 1.807) is 36.4 Å². The van der Waals surface area contributed by atoms with Crippen LogP contribution in [0.4, 0.5) is 5.69 Å². The molecule has 212 valence electrons. The molecular formula is C28H35ClN2O8. The van der Waals surface area contributed by atoms with E-state index in [1.807, 2.05) is 13.8 Å². The van der Waals surface area contributed by atoms with Crippen LogP contribution in [0.25, 0.3) is 0 Å². The van der Waals surface area contributed by atoms with Crippen molar-refractivity contribution in [1.29, 1.82) is 0 Å². The van der Waals surface area contributed by atoms with E-state index in [9.17, 15) is 19.5 Å². The van der Waals surface area contributed by atoms with Gasteiger partial charge in [-0.2, -0.15) is 0 Å². The van der Waals surface area contributed by atoms with E-state index in [0.717, 1.165) is 0 Å². The van der Waals surface area contributed by atoms with E-state index in [0.29, 0.717) is 33.3 Å². The number of esters is 1. The van der Waals surface area contributed by atoms with Gasteiger partial charge in [0.05, 0.1) is 34.2 Å². The topological polar surface area (TPSA) is 124 Å². The van der Waals surface area contributed by atoms with Gasteiger partial charge in [-0.25, -0.2) is 0 Å². The van der Waals surface area contributed by atoms with Crippen molar-refractivity contribution in [3.05, 3.63) is 52.5 Å². The molecule has 39 heavy (non-hydrogen) atoms. The Morgan fingerprint density at radius 2 is 1.87 bits per heavy atom. The highest BCUT2D eigenvalue weighted by atomic mass is 35.5. The first-order valence-electron chi connectivity index (χ1n) is 12.5. The third-order valence-electron chi connectivity index (χ3n) is 6.38. The molecule has 3 rings (SSSR count). The monoisotopic (exact) mass is 562 g/mol. The number of benzene rings is 2. The van der Waals surface area contributed by atoms with Crippen molar-refractivity contribution >= 4 is 35.1 Å². The number of fused-ring (bicyclic) bond motifs is 1. The summed E-state index contributed by atoms with van der Waals surface area (Å²) >= 11 is 6.42. The number of halogens is 1. The average Bonchev–Trinajstić information content (AvgIpc) is 3.02. The number of hydrogen-bond acceptors (Lipinski definition) is 8. The summed E-state index contributed by atoms with van der Waals surface area (Å²) in [6.07, 6.45) is -2.38. The highest BCUT2D eigenvalue weighted by Gasteiger charge is 2.40. The summed E-state index contributed by atoms with van der Waals surface area (Å²) in [6, 6.07) is 10.4. The third kappa shape index (κ3) is 7.20. The second-order valence-corrected chi connectivity index (χ2v) is 10.4. The molecule has 11 heteroatoms. The Balaban J connectivity index is 2.11. The number of carbonyl (C=O) groups excluding carboxylic acids is 3. The van der Waals surface area contributed by atoms with Crippen LogP contribution in [-0.4, -0.2) is 70.0 Å². The van der Waals surface area contributed by atoms with E-state index in [2.05, 4.69) is 10.1 Å². The molecule has 1 heterocycles. The molecule has 2 aromatic rings. The minimum atomic E-state index is -1.20. The fourth-order valence-electron chi connectivity index (χ4n) is 4.35. The molecule has 0 radical (unpaired) electrons. The summed E-state index contributed by atoms with van der Waals surface area (Å²) in [5.74, 6) is -0.513. The van der Waals surface area contributed by atoms with Gasteiger partial charge in [-0.3, -0.25) is 14.4 Å². The van der Waals surface area contributed by atoms with Gasteiger partial charge < -0.3 is 34.3 Å². The molecule has 0 bridgehead atoms. The maximum Gasteiger partial charge on any atom is 0.307 e. The first-order valence-corrected chi connectivity index (χ1v) is 12.8. The van der Waals surface area contributed by atoms with Gasteiger partial charge in [-0.1, -0.05) is 37.6 Å². The molecule has 0 aromatic heterocycles. The first-order chi connectivity index (χ1) is 18.5. The fourth-order valence-corrected chi connectivity index (χ4v) is 4.53. The Morgan fingerprint density at radius 3 is 2.51 bits per heavy atom. The molecule has 2 atom stereocenters. The third-order valence-corrected chi connectivity index (χ3v) is 6.62. The Labute approximate surface area is 233 Å². The van der Waals surface area contributed by atoms with Crippen LogP contribution >= 0.6 is 11.6 Å². The van der Waals surface area contributed by atoms with E-state index < -0.39 is 35.4 Å². The molecule has 2 aromatic carbocycles. The number of para-hydroxylation sites is 1. The predicted octanol–water partition coefficient (Wildman–Crippen LogP) is 3.27. The number of nitrogens with zero attached hydrogens (tertiary/aromatic N) is 1. The van der Waals surface area contributed by atoms with Crippen LogP contribution < -0.4 is 19.7 Å². The zero-order valence-corrected chi connectivity index (χ0v) is 23.5. The number of rotatable bonds is 11. The molecule has 10 nitrogen and oxygen atoms in total. The normalized spacial score (nSPS) is 17.2. The van der Waals surface area contributed by atoms with Gasteiger partial charge in [0.2, 0.25) is 5.91 Å². The van der Waals surface area contributed by atoms with Crippen molar-refractivity contribution in [2.24, 2.45) is 5.41 Å². The summed E-state index contributed by atoms with van der Waals surface area (Å²) in [4.78, 5) is 39.8. The summed E-state index contributed by atoms with van der Waals surface area (Å²) in [7, 11) is 4.29. The molecule has 0 aliphatic carbocycles. The molecule has 0 spiro atoms. The smallest absolute Gasteiger partial charge is 0.307 e. The summed E-state index contributed by atoms with van der Waals surface area (Å²) in [5, 5.41) is 13.0. The van der Waals surface area contributed by atoms with Gasteiger partial charge in [0.15, 0.2) is 11.5 Å². The Kier molecular flexibility index (Phi) is 10.2. The highest BCUT2D eigenvalue weighted by Crippen LogP contribution is 2.45. The van der Waals surface area contributed by atoms with Crippen LogP contribution in [0.5, 0.6) is 11.5 Å². The number of anilines is 1. The van der Waals surface area contributed by atoms with Crippen LogP contribution in [0.3, 0.4) is 0 Å². The second kappa shape index (κ2) is 13.1. The number of amides is 2. The predicted molar refractivity (Wildman–Crippen MR) is 145 cm³/mol. The van der Waals surface area contributed by atoms with E-state index in [1.165, 1.54) is 26.2 Å². The Morgan fingerprint density at radius 1 is 1.13 bits per heavy atom. The van der Waals surface area contributed by atoms with Crippen LogP contribution in [0.2, 0.25) is 5.02 Å². The maximum absolute atomic E-state index is 14.0. The average molecular weight is 563 g/mol. The number of hydrogen-bond donors (Lipinski definition) is 2. The van der Waals surface area contributed by atoms with Crippen molar-refractivity contribution in [3.8, 4) is 11.5 Å². The zero-order chi connectivity index (χ0) is 28.7. The molecule has 1 aliphatic heterocycles. The SMILES string of the molecule is COC(=O)CCNC(=O)C[C@H]1O[C@H](c2cccc(OC)c2OC)c2cc(Cl)ccc2N(CC(C)(C)CO)C1=O. The largest absolute Gasteiger partial charge is 0.493 e. The van der Waals surface area contributed by atoms with Crippen LogP contribution in [-0.2, 0) is 23.9 Å². The van der Waals surface area contributed by atoms with Crippen LogP contribution in [0, 0.1) is 5.41 Å². The van der Waals surface area contributed by atoms with Gasteiger partial charge in [-0.05, 0) is 24.3 Å². The van der Waals surface area contributed by atoms with Gasteiger partial charge in [-0.15, -0.1) is 0 Å². The van der Waals surface area contributed by atoms with Crippen LogP contribution in [0.15, 0.2) is 36.4 Å². The molecule has 0 saturated carbocycles. The van der Waals surface area contributed by atoms with Gasteiger partial charge >= 0.3 is 5.97 Å². The van der Waals surface area contributed by atoms with Crippen molar-refractivity contribution in [3.63, 3.8) is 0 Å². The number of aliphatic hydroxyl groups is 1. The molecule has 2 N–H and O–H groups in total. The number of carbonyl (C=O) groups is 3. The zero-order valence-electron chi connectivity index (χ0n) is 22.8. The lowest BCUT2D eigenvalue weighted by atomic mass is 9.92. The van der Waals surface area contributed by atoms with Gasteiger partial charge in [0.25, 0.3) is 5.91 Å². The molecular weight excluding hydrogens is 528 g/mol. The highest BCUT2D eigenvalue weighted by molar-refractivity contribution is 6.30.